The van der Waals surface area contributed by atoms with Gasteiger partial charge in [0, 0.05) is 25.0 Å². The summed E-state index contributed by atoms with van der Waals surface area (Å²) in [6.07, 6.45) is -1.05. The van der Waals surface area contributed by atoms with E-state index in [1.54, 1.807) is 0 Å². The van der Waals surface area contributed by atoms with Crippen molar-refractivity contribution in [3.05, 3.63) is 59.7 Å². The predicted molar refractivity (Wildman–Crippen MR) is 130 cm³/mol. The molecular formula is C27H32N2O6. The second-order valence-corrected chi connectivity index (χ2v) is 10.2. The molecule has 0 unspecified atom stereocenters. The van der Waals surface area contributed by atoms with Crippen LogP contribution in [0.1, 0.15) is 44.2 Å². The van der Waals surface area contributed by atoms with Crippen molar-refractivity contribution in [3.63, 3.8) is 0 Å². The standard InChI is InChI=1S/C27H32N2O6/c1-27(2,3)23(24(30)28-14-16-12-13-34-22(16)25(31)32)29-26(33)35-15-21-19-10-6-4-8-17(19)18-9-5-7-11-20(18)21/h4-11,16,21-23H,12-15H2,1-3H3,(H,28,30)(H,29,33)(H,31,32)/t16-,22-,23-/m0/s1. The van der Waals surface area contributed by atoms with Crippen LogP contribution in [-0.2, 0) is 19.1 Å². The van der Waals surface area contributed by atoms with Gasteiger partial charge < -0.3 is 25.2 Å². The SMILES string of the molecule is CC(C)(C)[C@@H](NC(=O)OCC1c2ccccc2-c2ccccc21)C(=O)NC[C@@H]1CCO[C@@H]1C(=O)O. The van der Waals surface area contributed by atoms with Crippen LogP contribution in [0.3, 0.4) is 0 Å². The van der Waals surface area contributed by atoms with Crippen molar-refractivity contribution in [2.24, 2.45) is 11.3 Å². The number of fused-ring (bicyclic) bond motifs is 3. The molecule has 1 heterocycles. The van der Waals surface area contributed by atoms with E-state index < -0.39 is 29.6 Å². The molecular weight excluding hydrogens is 448 g/mol. The van der Waals surface area contributed by atoms with Gasteiger partial charge in [-0.15, -0.1) is 0 Å². The van der Waals surface area contributed by atoms with E-state index in [1.165, 1.54) is 0 Å². The van der Waals surface area contributed by atoms with Gasteiger partial charge in [0.15, 0.2) is 6.10 Å². The average molecular weight is 481 g/mol. The lowest BCUT2D eigenvalue weighted by molar-refractivity contribution is -0.149. The molecule has 1 aliphatic heterocycles. The first kappa shape index (κ1) is 24.7. The number of ether oxygens (including phenoxy) is 2. The molecule has 8 heteroatoms. The number of alkyl carbamates (subject to hydrolysis) is 1. The van der Waals surface area contributed by atoms with Gasteiger partial charge in [-0.3, -0.25) is 4.79 Å². The average Bonchev–Trinajstić information content (AvgIpc) is 3.42. The number of amides is 2. The van der Waals surface area contributed by atoms with Gasteiger partial charge in [0.25, 0.3) is 0 Å². The highest BCUT2D eigenvalue weighted by Gasteiger charge is 2.37. The molecule has 186 valence electrons. The molecule has 3 atom stereocenters. The smallest absolute Gasteiger partial charge is 0.407 e. The summed E-state index contributed by atoms with van der Waals surface area (Å²) >= 11 is 0. The molecule has 1 aliphatic carbocycles. The maximum Gasteiger partial charge on any atom is 0.407 e. The lowest BCUT2D eigenvalue weighted by Crippen LogP contribution is -2.54. The van der Waals surface area contributed by atoms with Gasteiger partial charge in [-0.2, -0.15) is 0 Å². The highest BCUT2D eigenvalue weighted by Crippen LogP contribution is 2.44. The topological polar surface area (TPSA) is 114 Å². The maximum absolute atomic E-state index is 13.0. The Morgan fingerprint density at radius 2 is 1.66 bits per heavy atom. The van der Waals surface area contributed by atoms with Crippen LogP contribution in [0, 0.1) is 11.3 Å². The molecule has 3 N–H and O–H groups in total. The summed E-state index contributed by atoms with van der Waals surface area (Å²) in [6, 6.07) is 15.3. The van der Waals surface area contributed by atoms with Crippen LogP contribution in [0.25, 0.3) is 11.1 Å². The zero-order valence-corrected chi connectivity index (χ0v) is 20.2. The molecule has 2 aromatic carbocycles. The van der Waals surface area contributed by atoms with E-state index >= 15 is 0 Å². The molecule has 35 heavy (non-hydrogen) atoms. The Morgan fingerprint density at radius 3 is 2.23 bits per heavy atom. The number of benzene rings is 2. The number of aliphatic carboxylic acids is 1. The van der Waals surface area contributed by atoms with Crippen molar-refractivity contribution in [2.75, 3.05) is 19.8 Å². The third kappa shape index (κ3) is 5.32. The van der Waals surface area contributed by atoms with Crippen LogP contribution in [0.4, 0.5) is 4.79 Å². The number of carbonyl (C=O) groups excluding carboxylic acids is 2. The number of hydrogen-bond donors (Lipinski definition) is 3. The maximum atomic E-state index is 13.0. The Balaban J connectivity index is 1.38. The minimum Gasteiger partial charge on any atom is -0.479 e. The normalized spacial score (nSPS) is 20.0. The molecule has 0 aromatic heterocycles. The number of hydrogen-bond acceptors (Lipinski definition) is 5. The van der Waals surface area contributed by atoms with Crippen LogP contribution < -0.4 is 10.6 Å². The van der Waals surface area contributed by atoms with E-state index in [9.17, 15) is 19.5 Å². The number of nitrogens with one attached hydrogen (secondary N) is 2. The third-order valence-corrected chi connectivity index (χ3v) is 6.73. The highest BCUT2D eigenvalue weighted by molar-refractivity contribution is 5.86. The number of carboxylic acid groups (broad SMARTS) is 1. The lowest BCUT2D eigenvalue weighted by atomic mass is 9.86. The summed E-state index contributed by atoms with van der Waals surface area (Å²) in [5, 5.41) is 14.8. The van der Waals surface area contributed by atoms with E-state index in [0.717, 1.165) is 22.3 Å². The van der Waals surface area contributed by atoms with Gasteiger partial charge in [-0.1, -0.05) is 69.3 Å². The zero-order valence-electron chi connectivity index (χ0n) is 20.2. The Morgan fingerprint density at radius 1 is 1.06 bits per heavy atom. The summed E-state index contributed by atoms with van der Waals surface area (Å²) in [6.45, 7) is 6.20. The Hall–Kier alpha value is -3.39. The molecule has 2 amide bonds. The van der Waals surface area contributed by atoms with E-state index in [0.29, 0.717) is 13.0 Å². The van der Waals surface area contributed by atoms with Crippen LogP contribution in [-0.4, -0.2) is 55.0 Å². The summed E-state index contributed by atoms with van der Waals surface area (Å²) in [7, 11) is 0. The zero-order chi connectivity index (χ0) is 25.2. The molecule has 1 saturated heterocycles. The first-order chi connectivity index (χ1) is 16.7. The van der Waals surface area contributed by atoms with Gasteiger partial charge >= 0.3 is 12.1 Å². The van der Waals surface area contributed by atoms with Gasteiger partial charge in [0.1, 0.15) is 12.6 Å². The second-order valence-electron chi connectivity index (χ2n) is 10.2. The highest BCUT2D eigenvalue weighted by atomic mass is 16.5. The second kappa shape index (κ2) is 10.1. The molecule has 2 aromatic rings. The molecule has 0 saturated carbocycles. The fourth-order valence-electron chi connectivity index (χ4n) is 4.88. The number of rotatable bonds is 7. The van der Waals surface area contributed by atoms with Crippen LogP contribution >= 0.6 is 0 Å². The predicted octanol–water partition coefficient (Wildman–Crippen LogP) is 3.55. The third-order valence-electron chi connectivity index (χ3n) is 6.73. The summed E-state index contributed by atoms with van der Waals surface area (Å²) in [4.78, 5) is 37.1. The largest absolute Gasteiger partial charge is 0.479 e. The fraction of sp³-hybridized carbons (Fsp3) is 0.444. The van der Waals surface area contributed by atoms with Crippen molar-refractivity contribution in [1.29, 1.82) is 0 Å². The van der Waals surface area contributed by atoms with Crippen molar-refractivity contribution >= 4 is 18.0 Å². The van der Waals surface area contributed by atoms with Crippen molar-refractivity contribution in [3.8, 4) is 11.1 Å². The van der Waals surface area contributed by atoms with Crippen LogP contribution in [0.5, 0.6) is 0 Å². The number of carboxylic acids is 1. The quantitative estimate of drug-likeness (QED) is 0.559. The summed E-state index contributed by atoms with van der Waals surface area (Å²) in [5.74, 6) is -1.81. The van der Waals surface area contributed by atoms with Crippen LogP contribution in [0.15, 0.2) is 48.5 Å². The fourth-order valence-corrected chi connectivity index (χ4v) is 4.88. The minimum atomic E-state index is -1.04. The summed E-state index contributed by atoms with van der Waals surface area (Å²) < 4.78 is 10.9. The molecule has 0 spiro atoms. The van der Waals surface area contributed by atoms with Gasteiger partial charge in [0.05, 0.1) is 0 Å². The Bertz CT molecular complexity index is 1060. The molecule has 1 fully saturated rings. The Labute approximate surface area is 205 Å². The molecule has 4 rings (SSSR count). The molecule has 8 nitrogen and oxygen atoms in total. The van der Waals surface area contributed by atoms with Crippen molar-refractivity contribution in [1.82, 2.24) is 10.6 Å². The number of carbonyl (C=O) groups is 3. The van der Waals surface area contributed by atoms with Crippen LogP contribution in [0.2, 0.25) is 0 Å². The molecule has 0 bridgehead atoms. The lowest BCUT2D eigenvalue weighted by Gasteiger charge is -2.30. The van der Waals surface area contributed by atoms with Crippen molar-refractivity contribution in [2.45, 2.75) is 45.3 Å². The summed E-state index contributed by atoms with van der Waals surface area (Å²) in [5.41, 5.74) is 3.91. The first-order valence-electron chi connectivity index (χ1n) is 11.9. The van der Waals surface area contributed by atoms with Gasteiger partial charge in [-0.25, -0.2) is 9.59 Å². The Kier molecular flexibility index (Phi) is 7.12. The molecule has 2 aliphatic rings. The van der Waals surface area contributed by atoms with Gasteiger partial charge in [-0.05, 0) is 34.1 Å². The van der Waals surface area contributed by atoms with Crippen molar-refractivity contribution < 1.29 is 29.0 Å². The van der Waals surface area contributed by atoms with E-state index in [4.69, 9.17) is 9.47 Å². The first-order valence-corrected chi connectivity index (χ1v) is 11.9. The van der Waals surface area contributed by atoms with E-state index in [2.05, 4.69) is 22.8 Å². The van der Waals surface area contributed by atoms with E-state index in [1.807, 2.05) is 57.2 Å². The van der Waals surface area contributed by atoms with E-state index in [-0.39, 0.29) is 30.9 Å². The molecule has 0 radical (unpaired) electrons. The monoisotopic (exact) mass is 480 g/mol. The minimum absolute atomic E-state index is 0.0784. The van der Waals surface area contributed by atoms with Gasteiger partial charge in [0.2, 0.25) is 5.91 Å².